The lowest BCUT2D eigenvalue weighted by Crippen LogP contribution is -2.17. The molecule has 138 valence electrons. The van der Waals surface area contributed by atoms with Crippen molar-refractivity contribution in [1.82, 2.24) is 9.78 Å². The normalized spacial score (nSPS) is 11.0. The summed E-state index contributed by atoms with van der Waals surface area (Å²) < 4.78 is 11.0. The highest BCUT2D eigenvalue weighted by Gasteiger charge is 2.13. The molecule has 0 atom stereocenters. The van der Waals surface area contributed by atoms with Crippen LogP contribution in [0.3, 0.4) is 0 Å². The van der Waals surface area contributed by atoms with Gasteiger partial charge >= 0.3 is 11.9 Å². The number of esters is 2. The standard InChI is InChI=1S/C18H22N4O4/c1-21(11-13-10-19-22(2)12-13)15-7-5-14(6-8-15)20-16(18(24)26-4)9-17(23)25-3/h5-10,12,20H,11H2,1-4H3/b16-9+. The lowest BCUT2D eigenvalue weighted by atomic mass is 10.2. The van der Waals surface area contributed by atoms with Gasteiger partial charge in [-0.1, -0.05) is 0 Å². The number of ether oxygens (including phenoxy) is 2. The number of benzene rings is 1. The lowest BCUT2D eigenvalue weighted by Gasteiger charge is -2.19. The highest BCUT2D eigenvalue weighted by Crippen LogP contribution is 2.20. The Morgan fingerprint density at radius 3 is 2.46 bits per heavy atom. The molecule has 0 saturated carbocycles. The molecule has 1 aromatic heterocycles. The Labute approximate surface area is 152 Å². The van der Waals surface area contributed by atoms with Crippen LogP contribution in [0.2, 0.25) is 0 Å². The molecular formula is C18H22N4O4. The average molecular weight is 358 g/mol. The molecule has 0 amide bonds. The van der Waals surface area contributed by atoms with E-state index in [4.69, 9.17) is 0 Å². The first-order valence-electron chi connectivity index (χ1n) is 7.86. The van der Waals surface area contributed by atoms with Gasteiger partial charge < -0.3 is 19.7 Å². The number of rotatable bonds is 7. The minimum Gasteiger partial charge on any atom is -0.466 e. The minimum atomic E-state index is -0.659. The number of aryl methyl sites for hydroxylation is 1. The van der Waals surface area contributed by atoms with Crippen LogP contribution in [0.5, 0.6) is 0 Å². The number of carbonyl (C=O) groups excluding carboxylic acids is 2. The van der Waals surface area contributed by atoms with Crippen molar-refractivity contribution in [1.29, 1.82) is 0 Å². The topological polar surface area (TPSA) is 85.7 Å². The zero-order valence-electron chi connectivity index (χ0n) is 15.2. The van der Waals surface area contributed by atoms with E-state index in [1.54, 1.807) is 4.68 Å². The predicted octanol–water partition coefficient (Wildman–Crippen LogP) is 1.70. The quantitative estimate of drug-likeness (QED) is 0.595. The molecule has 8 heteroatoms. The van der Waals surface area contributed by atoms with Crippen LogP contribution in [-0.2, 0) is 32.7 Å². The van der Waals surface area contributed by atoms with Gasteiger partial charge in [0.1, 0.15) is 5.70 Å². The summed E-state index contributed by atoms with van der Waals surface area (Å²) in [7, 11) is 6.34. The first-order valence-corrected chi connectivity index (χ1v) is 7.86. The van der Waals surface area contributed by atoms with E-state index in [9.17, 15) is 9.59 Å². The van der Waals surface area contributed by atoms with E-state index in [1.807, 2.05) is 50.8 Å². The number of anilines is 2. The molecule has 2 aromatic rings. The molecule has 2 rings (SSSR count). The van der Waals surface area contributed by atoms with E-state index < -0.39 is 11.9 Å². The van der Waals surface area contributed by atoms with Crippen molar-refractivity contribution in [2.45, 2.75) is 6.54 Å². The predicted molar refractivity (Wildman–Crippen MR) is 97.5 cm³/mol. The van der Waals surface area contributed by atoms with Crippen molar-refractivity contribution in [2.24, 2.45) is 7.05 Å². The molecule has 26 heavy (non-hydrogen) atoms. The van der Waals surface area contributed by atoms with Gasteiger partial charge in [-0.25, -0.2) is 9.59 Å². The molecule has 0 fully saturated rings. The van der Waals surface area contributed by atoms with Gasteiger partial charge in [0.05, 0.1) is 26.5 Å². The van der Waals surface area contributed by atoms with Crippen LogP contribution in [0.1, 0.15) is 5.56 Å². The van der Waals surface area contributed by atoms with Crippen molar-refractivity contribution >= 4 is 23.3 Å². The number of aromatic nitrogens is 2. The van der Waals surface area contributed by atoms with Gasteiger partial charge in [0.2, 0.25) is 0 Å². The summed E-state index contributed by atoms with van der Waals surface area (Å²) in [5.74, 6) is -1.31. The summed E-state index contributed by atoms with van der Waals surface area (Å²) in [6.45, 7) is 0.719. The Balaban J connectivity index is 2.08. The van der Waals surface area contributed by atoms with Gasteiger partial charge in [-0.15, -0.1) is 0 Å². The first kappa shape index (κ1) is 19.0. The number of hydrogen-bond acceptors (Lipinski definition) is 7. The smallest absolute Gasteiger partial charge is 0.354 e. The third-order valence-corrected chi connectivity index (χ3v) is 3.63. The van der Waals surface area contributed by atoms with Crippen LogP contribution < -0.4 is 10.2 Å². The van der Waals surface area contributed by atoms with Crippen LogP contribution >= 0.6 is 0 Å². The Kier molecular flexibility index (Phi) is 6.37. The molecule has 0 radical (unpaired) electrons. The molecule has 0 aliphatic rings. The first-order chi connectivity index (χ1) is 12.4. The summed E-state index contributed by atoms with van der Waals surface area (Å²) in [6, 6.07) is 7.43. The van der Waals surface area contributed by atoms with Crippen LogP contribution in [-0.4, -0.2) is 43.0 Å². The maximum absolute atomic E-state index is 11.8. The number of nitrogens with one attached hydrogen (secondary N) is 1. The lowest BCUT2D eigenvalue weighted by molar-refractivity contribution is -0.138. The molecule has 0 saturated heterocycles. The van der Waals surface area contributed by atoms with E-state index >= 15 is 0 Å². The van der Waals surface area contributed by atoms with Gasteiger partial charge in [-0.05, 0) is 24.3 Å². The van der Waals surface area contributed by atoms with Crippen molar-refractivity contribution in [3.8, 4) is 0 Å². The van der Waals surface area contributed by atoms with Crippen LogP contribution in [0.4, 0.5) is 11.4 Å². The molecule has 0 bridgehead atoms. The van der Waals surface area contributed by atoms with Crippen molar-refractivity contribution in [3.63, 3.8) is 0 Å². The number of nitrogens with zero attached hydrogens (tertiary/aromatic N) is 3. The second-order valence-electron chi connectivity index (χ2n) is 5.62. The summed E-state index contributed by atoms with van der Waals surface area (Å²) in [4.78, 5) is 25.2. The number of methoxy groups -OCH3 is 2. The summed E-state index contributed by atoms with van der Waals surface area (Å²) in [5.41, 5.74) is 2.74. The Morgan fingerprint density at radius 1 is 1.23 bits per heavy atom. The molecule has 1 aromatic carbocycles. The molecule has 1 N–H and O–H groups in total. The van der Waals surface area contributed by atoms with Crippen molar-refractivity contribution < 1.29 is 19.1 Å². The second-order valence-corrected chi connectivity index (χ2v) is 5.62. The summed E-state index contributed by atoms with van der Waals surface area (Å²) >= 11 is 0. The van der Waals surface area contributed by atoms with E-state index in [1.165, 1.54) is 14.2 Å². The van der Waals surface area contributed by atoms with Crippen LogP contribution in [0, 0.1) is 0 Å². The van der Waals surface area contributed by atoms with Gasteiger partial charge in [0.25, 0.3) is 0 Å². The SMILES string of the molecule is COC(=O)/C=C(/Nc1ccc(N(C)Cc2cnn(C)c2)cc1)C(=O)OC. The fourth-order valence-electron chi connectivity index (χ4n) is 2.31. The van der Waals surface area contributed by atoms with E-state index in [-0.39, 0.29) is 5.70 Å². The fraction of sp³-hybridized carbons (Fsp3) is 0.278. The Hall–Kier alpha value is -3.29. The molecule has 0 aliphatic heterocycles. The van der Waals surface area contributed by atoms with Crippen LogP contribution in [0.25, 0.3) is 0 Å². The molecular weight excluding hydrogens is 336 g/mol. The molecule has 0 spiro atoms. The van der Waals surface area contributed by atoms with E-state index in [0.717, 1.165) is 23.9 Å². The van der Waals surface area contributed by atoms with Crippen molar-refractivity contribution in [3.05, 3.63) is 54.0 Å². The highest BCUT2D eigenvalue weighted by molar-refractivity contribution is 5.98. The fourth-order valence-corrected chi connectivity index (χ4v) is 2.31. The average Bonchev–Trinajstić information content (AvgIpc) is 3.05. The Bertz CT molecular complexity index is 796. The molecule has 1 heterocycles. The largest absolute Gasteiger partial charge is 0.466 e. The molecule has 0 aliphatic carbocycles. The van der Waals surface area contributed by atoms with Gasteiger partial charge in [0.15, 0.2) is 0 Å². The molecule has 8 nitrogen and oxygen atoms in total. The summed E-state index contributed by atoms with van der Waals surface area (Å²) in [6.07, 6.45) is 4.84. The number of carbonyl (C=O) groups is 2. The molecule has 0 unspecified atom stereocenters. The maximum atomic E-state index is 11.8. The van der Waals surface area contributed by atoms with E-state index in [2.05, 4.69) is 24.8 Å². The third kappa shape index (κ3) is 5.10. The second kappa shape index (κ2) is 8.70. The van der Waals surface area contributed by atoms with Gasteiger partial charge in [-0.3, -0.25) is 4.68 Å². The van der Waals surface area contributed by atoms with Crippen LogP contribution in [0.15, 0.2) is 48.4 Å². The number of hydrogen-bond donors (Lipinski definition) is 1. The minimum absolute atomic E-state index is 0.00388. The van der Waals surface area contributed by atoms with E-state index in [0.29, 0.717) is 5.69 Å². The monoisotopic (exact) mass is 358 g/mol. The Morgan fingerprint density at radius 2 is 1.92 bits per heavy atom. The highest BCUT2D eigenvalue weighted by atomic mass is 16.5. The third-order valence-electron chi connectivity index (χ3n) is 3.63. The van der Waals surface area contributed by atoms with Gasteiger partial charge in [-0.2, -0.15) is 5.10 Å². The van der Waals surface area contributed by atoms with Gasteiger partial charge in [0, 0.05) is 43.8 Å². The zero-order chi connectivity index (χ0) is 19.1. The van der Waals surface area contributed by atoms with Crippen molar-refractivity contribution in [2.75, 3.05) is 31.5 Å². The summed E-state index contributed by atoms with van der Waals surface area (Å²) in [5, 5.41) is 7.03. The maximum Gasteiger partial charge on any atom is 0.354 e. The zero-order valence-corrected chi connectivity index (χ0v) is 15.2.